The Hall–Kier alpha value is -0.830. The smallest absolute Gasteiger partial charge is 0.330 e. The Kier molecular flexibility index (Phi) is 22.8. The number of hydrogen-bond acceptors (Lipinski definition) is 3. The number of carbonyl (C=O) groups excluding carboxylic acids is 1. The van der Waals surface area contributed by atoms with Crippen LogP contribution in [0.5, 0.6) is 0 Å². The summed E-state index contributed by atoms with van der Waals surface area (Å²) in [6, 6.07) is 0. The van der Waals surface area contributed by atoms with E-state index < -0.39 is 0 Å². The summed E-state index contributed by atoms with van der Waals surface area (Å²) in [4.78, 5) is 11.3. The van der Waals surface area contributed by atoms with Crippen molar-refractivity contribution in [2.75, 3.05) is 13.2 Å². The van der Waals surface area contributed by atoms with Crippen LogP contribution in [0.3, 0.4) is 0 Å². The van der Waals surface area contributed by atoms with Crippen molar-refractivity contribution in [1.29, 1.82) is 0 Å². The third kappa shape index (κ3) is 25.1. The predicted octanol–water partition coefficient (Wildman–Crippen LogP) is 7.90. The molecule has 3 nitrogen and oxygen atoms in total. The fourth-order valence-electron chi connectivity index (χ4n) is 3.67. The lowest BCUT2D eigenvalue weighted by Crippen LogP contribution is -2.02. The number of aliphatic hydroxyl groups excluding tert-OH is 1. The summed E-state index contributed by atoms with van der Waals surface area (Å²) in [6.45, 7) is 4.74. The second kappa shape index (κ2) is 23.4. The molecule has 0 aromatic carbocycles. The molecule has 0 rings (SSSR count). The molecule has 1 N–H and O–H groups in total. The summed E-state index contributed by atoms with van der Waals surface area (Å²) in [5, 5.41) is 8.74. The minimum absolute atomic E-state index is 0.199. The maximum atomic E-state index is 11.3. The van der Waals surface area contributed by atoms with E-state index in [1.54, 1.807) is 6.08 Å². The molecule has 29 heavy (non-hydrogen) atoms. The first kappa shape index (κ1) is 28.2. The van der Waals surface area contributed by atoms with Gasteiger partial charge in [0.2, 0.25) is 0 Å². The van der Waals surface area contributed by atoms with Gasteiger partial charge in [0.1, 0.15) is 0 Å². The van der Waals surface area contributed by atoms with Crippen LogP contribution in [0.15, 0.2) is 11.6 Å². The first-order chi connectivity index (χ1) is 14.2. The quantitative estimate of drug-likeness (QED) is 0.112. The van der Waals surface area contributed by atoms with Crippen LogP contribution in [0.2, 0.25) is 0 Å². The highest BCUT2D eigenvalue weighted by Gasteiger charge is 1.98. The zero-order chi connectivity index (χ0) is 21.4. The second-order valence-corrected chi connectivity index (χ2v) is 8.83. The molecule has 172 valence electrons. The predicted molar refractivity (Wildman–Crippen MR) is 125 cm³/mol. The van der Waals surface area contributed by atoms with E-state index in [0.29, 0.717) is 13.2 Å². The molecular weight excluding hydrogens is 360 g/mol. The van der Waals surface area contributed by atoms with Crippen LogP contribution >= 0.6 is 0 Å². The Morgan fingerprint density at radius 3 is 1.21 bits per heavy atom. The van der Waals surface area contributed by atoms with Crippen molar-refractivity contribution in [3.05, 3.63) is 11.6 Å². The molecular formula is C26H50O3. The van der Waals surface area contributed by atoms with Gasteiger partial charge in [0.25, 0.3) is 0 Å². The molecule has 0 atom stereocenters. The van der Waals surface area contributed by atoms with Gasteiger partial charge in [-0.3, -0.25) is 0 Å². The van der Waals surface area contributed by atoms with Crippen LogP contribution in [0.1, 0.15) is 136 Å². The van der Waals surface area contributed by atoms with Gasteiger partial charge in [-0.2, -0.15) is 0 Å². The summed E-state index contributed by atoms with van der Waals surface area (Å²) in [6.07, 6.45) is 26.5. The van der Waals surface area contributed by atoms with E-state index in [1.807, 2.05) is 13.8 Å². The molecule has 0 aliphatic carbocycles. The first-order valence-electron chi connectivity index (χ1n) is 12.6. The van der Waals surface area contributed by atoms with Crippen molar-refractivity contribution in [2.24, 2.45) is 0 Å². The molecule has 0 aromatic heterocycles. The average molecular weight is 411 g/mol. The molecule has 0 saturated heterocycles. The van der Waals surface area contributed by atoms with Crippen molar-refractivity contribution >= 4 is 5.97 Å². The van der Waals surface area contributed by atoms with Crippen molar-refractivity contribution in [2.45, 2.75) is 136 Å². The van der Waals surface area contributed by atoms with Crippen molar-refractivity contribution < 1.29 is 14.6 Å². The molecule has 3 heteroatoms. The average Bonchev–Trinajstić information content (AvgIpc) is 2.68. The molecule has 0 saturated carbocycles. The molecule has 0 aromatic rings. The van der Waals surface area contributed by atoms with Crippen molar-refractivity contribution in [3.8, 4) is 0 Å². The summed E-state index contributed by atoms with van der Waals surface area (Å²) in [5.74, 6) is -0.199. The lowest BCUT2D eigenvalue weighted by Gasteiger charge is -2.04. The Labute approximate surface area is 181 Å². The van der Waals surface area contributed by atoms with E-state index >= 15 is 0 Å². The van der Waals surface area contributed by atoms with E-state index in [9.17, 15) is 4.79 Å². The molecule has 0 fully saturated rings. The maximum Gasteiger partial charge on any atom is 0.330 e. The van der Waals surface area contributed by atoms with Crippen LogP contribution < -0.4 is 0 Å². The Bertz CT molecular complexity index is 372. The van der Waals surface area contributed by atoms with Gasteiger partial charge < -0.3 is 9.84 Å². The zero-order valence-corrected chi connectivity index (χ0v) is 19.7. The molecule has 0 aliphatic heterocycles. The fourth-order valence-corrected chi connectivity index (χ4v) is 3.67. The van der Waals surface area contributed by atoms with Gasteiger partial charge in [0.15, 0.2) is 0 Å². The molecule has 0 spiro atoms. The highest BCUT2D eigenvalue weighted by Crippen LogP contribution is 2.14. The van der Waals surface area contributed by atoms with Crippen LogP contribution in [0, 0.1) is 0 Å². The molecule has 0 heterocycles. The fraction of sp³-hybridized carbons (Fsp3) is 0.885. The van der Waals surface area contributed by atoms with Gasteiger partial charge in [-0.05, 0) is 26.7 Å². The SMILES string of the molecule is CC(C)=CC(=O)OCCCCCCCCCCCCCCCCCCCCCO. The van der Waals surface area contributed by atoms with Gasteiger partial charge >= 0.3 is 5.97 Å². The summed E-state index contributed by atoms with van der Waals surface area (Å²) >= 11 is 0. The van der Waals surface area contributed by atoms with Gasteiger partial charge in [0, 0.05) is 12.7 Å². The second-order valence-electron chi connectivity index (χ2n) is 8.83. The minimum atomic E-state index is -0.199. The zero-order valence-electron chi connectivity index (χ0n) is 19.7. The van der Waals surface area contributed by atoms with Gasteiger partial charge in [-0.25, -0.2) is 4.79 Å². The monoisotopic (exact) mass is 410 g/mol. The lowest BCUT2D eigenvalue weighted by molar-refractivity contribution is -0.137. The topological polar surface area (TPSA) is 46.5 Å². The van der Waals surface area contributed by atoms with Crippen molar-refractivity contribution in [3.63, 3.8) is 0 Å². The molecule has 0 aliphatic rings. The van der Waals surface area contributed by atoms with Gasteiger partial charge in [0.05, 0.1) is 6.61 Å². The maximum absolute atomic E-state index is 11.3. The summed E-state index contributed by atoms with van der Waals surface area (Å²) < 4.78 is 5.17. The molecule has 0 bridgehead atoms. The number of ether oxygens (including phenoxy) is 1. The Morgan fingerprint density at radius 2 is 0.897 bits per heavy atom. The van der Waals surface area contributed by atoms with Crippen LogP contribution in [-0.2, 0) is 9.53 Å². The van der Waals surface area contributed by atoms with E-state index in [0.717, 1.165) is 18.4 Å². The van der Waals surface area contributed by atoms with Crippen molar-refractivity contribution in [1.82, 2.24) is 0 Å². The number of rotatable bonds is 22. The number of esters is 1. The van der Waals surface area contributed by atoms with Crippen LogP contribution in [0.25, 0.3) is 0 Å². The Morgan fingerprint density at radius 1 is 0.586 bits per heavy atom. The largest absolute Gasteiger partial charge is 0.463 e. The number of carbonyl (C=O) groups is 1. The van der Waals surface area contributed by atoms with Gasteiger partial charge in [-0.15, -0.1) is 0 Å². The first-order valence-corrected chi connectivity index (χ1v) is 12.6. The van der Waals surface area contributed by atoms with E-state index in [4.69, 9.17) is 9.84 Å². The van der Waals surface area contributed by atoms with E-state index in [1.165, 1.54) is 109 Å². The third-order valence-corrected chi connectivity index (χ3v) is 5.45. The lowest BCUT2D eigenvalue weighted by atomic mass is 10.0. The van der Waals surface area contributed by atoms with E-state index in [2.05, 4.69) is 0 Å². The highest BCUT2D eigenvalue weighted by molar-refractivity contribution is 5.82. The number of aliphatic hydroxyl groups is 1. The van der Waals surface area contributed by atoms with Crippen LogP contribution in [0.4, 0.5) is 0 Å². The third-order valence-electron chi connectivity index (χ3n) is 5.45. The molecule has 0 amide bonds. The number of allylic oxidation sites excluding steroid dienone is 1. The number of unbranched alkanes of at least 4 members (excludes halogenated alkanes) is 18. The van der Waals surface area contributed by atoms with E-state index in [-0.39, 0.29) is 5.97 Å². The molecule has 0 unspecified atom stereocenters. The van der Waals surface area contributed by atoms with Crippen LogP contribution in [-0.4, -0.2) is 24.3 Å². The number of hydrogen-bond donors (Lipinski definition) is 1. The highest BCUT2D eigenvalue weighted by atomic mass is 16.5. The standard InChI is InChI=1S/C26H50O3/c1-25(2)24-26(28)29-23-21-19-17-15-13-11-9-7-5-3-4-6-8-10-12-14-16-18-20-22-27/h24,27H,3-23H2,1-2H3. The normalized spacial score (nSPS) is 10.9. The van der Waals surface area contributed by atoms with Gasteiger partial charge in [-0.1, -0.05) is 115 Å². The molecule has 0 radical (unpaired) electrons. The summed E-state index contributed by atoms with van der Waals surface area (Å²) in [5.41, 5.74) is 0.993. The minimum Gasteiger partial charge on any atom is -0.463 e. The Balaban J connectivity index is 3.08. The summed E-state index contributed by atoms with van der Waals surface area (Å²) in [7, 11) is 0.